The Hall–Kier alpha value is -6.97. The molecule has 1 fully saturated rings. The van der Waals surface area contributed by atoms with E-state index < -0.39 is 0 Å². The zero-order valence-electron chi connectivity index (χ0n) is 34.1. The summed E-state index contributed by atoms with van der Waals surface area (Å²) in [5.74, 6) is 2.71. The van der Waals surface area contributed by atoms with Crippen LogP contribution in [-0.2, 0) is 4.74 Å². The van der Waals surface area contributed by atoms with Gasteiger partial charge < -0.3 is 14.7 Å². The summed E-state index contributed by atoms with van der Waals surface area (Å²) in [5, 5.41) is 11.9. The summed E-state index contributed by atoms with van der Waals surface area (Å²) in [6, 6.07) is 50.3. The van der Waals surface area contributed by atoms with Crippen molar-refractivity contribution in [2.45, 2.75) is 44.9 Å². The maximum absolute atomic E-state index is 9.51. The fourth-order valence-electron chi connectivity index (χ4n) is 10.4. The number of para-hydroxylation sites is 1. The lowest BCUT2D eigenvalue weighted by Gasteiger charge is -2.35. The van der Waals surface area contributed by atoms with Crippen molar-refractivity contribution in [2.75, 3.05) is 0 Å². The van der Waals surface area contributed by atoms with Gasteiger partial charge in [-0.15, -0.1) is 0 Å². The van der Waals surface area contributed by atoms with Gasteiger partial charge in [0.05, 0.1) is 22.7 Å². The Bertz CT molecular complexity index is 3100. The van der Waals surface area contributed by atoms with Gasteiger partial charge in [-0.05, 0) is 130 Å². The van der Waals surface area contributed by atoms with E-state index in [1.165, 1.54) is 74.6 Å². The fraction of sp³-hybridized carbons (Fsp3) is 0.140. The summed E-state index contributed by atoms with van der Waals surface area (Å²) >= 11 is 0. The predicted octanol–water partition coefficient (Wildman–Crippen LogP) is 14.6. The van der Waals surface area contributed by atoms with Crippen LogP contribution < -0.4 is 0 Å². The summed E-state index contributed by atoms with van der Waals surface area (Å²) in [4.78, 5) is 0. The number of ether oxygens (including phenoxy) is 1. The average Bonchev–Trinajstić information content (AvgIpc) is 3.81. The monoisotopic (exact) mass is 774 g/mol. The van der Waals surface area contributed by atoms with Gasteiger partial charge in [-0.3, -0.25) is 0 Å². The third kappa shape index (κ3) is 5.67. The number of hydrogen-bond acceptors (Lipinski definition) is 2. The molecule has 1 aromatic heterocycles. The number of nitrogens with zero attached hydrogens (tertiary/aromatic N) is 1. The highest BCUT2D eigenvalue weighted by molar-refractivity contribution is 6.15. The Morgan fingerprint density at radius 3 is 2.20 bits per heavy atom. The second kappa shape index (κ2) is 14.4. The number of aryl methyl sites for hydroxylation is 1. The number of rotatable bonds is 8. The van der Waals surface area contributed by atoms with Crippen molar-refractivity contribution in [3.05, 3.63) is 233 Å². The molecule has 0 amide bonds. The minimum Gasteiger partial charge on any atom is -0.461 e. The van der Waals surface area contributed by atoms with Crippen LogP contribution in [0.3, 0.4) is 0 Å². The van der Waals surface area contributed by atoms with Crippen LogP contribution in [0.4, 0.5) is 0 Å². The number of fused-ring (bicyclic) bond motifs is 5. The van der Waals surface area contributed by atoms with Crippen LogP contribution in [0.2, 0.25) is 0 Å². The van der Waals surface area contributed by atoms with Gasteiger partial charge >= 0.3 is 0 Å². The molecule has 60 heavy (non-hydrogen) atoms. The summed E-state index contributed by atoms with van der Waals surface area (Å²) < 4.78 is 9.08. The highest BCUT2D eigenvalue weighted by atomic mass is 16.5. The molecule has 0 radical (unpaired) electrons. The van der Waals surface area contributed by atoms with E-state index in [-0.39, 0.29) is 11.8 Å². The smallest absolute Gasteiger partial charge is 0.130 e. The van der Waals surface area contributed by atoms with Crippen LogP contribution in [0, 0.1) is 18.3 Å². The number of aromatic nitrogens is 1. The summed E-state index contributed by atoms with van der Waals surface area (Å²) in [6.07, 6.45) is 14.7. The van der Waals surface area contributed by atoms with Crippen LogP contribution in [0.25, 0.3) is 49.8 Å². The van der Waals surface area contributed by atoms with Crippen molar-refractivity contribution < 1.29 is 4.74 Å². The van der Waals surface area contributed by atoms with Crippen molar-refractivity contribution in [3.8, 4) is 11.1 Å². The molecule has 290 valence electrons. The minimum atomic E-state index is 0.111. The minimum absolute atomic E-state index is 0.111. The van der Waals surface area contributed by atoms with E-state index in [0.29, 0.717) is 11.6 Å². The molecular weight excluding hydrogens is 729 g/mol. The van der Waals surface area contributed by atoms with E-state index in [4.69, 9.17) is 4.74 Å². The highest BCUT2D eigenvalue weighted by Gasteiger charge is 2.45. The van der Waals surface area contributed by atoms with E-state index in [1.807, 2.05) is 6.08 Å². The van der Waals surface area contributed by atoms with Gasteiger partial charge in [0.15, 0.2) is 0 Å². The summed E-state index contributed by atoms with van der Waals surface area (Å²) in [5.41, 5.74) is 18.2. The summed E-state index contributed by atoms with van der Waals surface area (Å²) in [7, 11) is 0. The largest absolute Gasteiger partial charge is 0.461 e. The SMILES string of the molecule is C=CC1=C2/C(=C\C)c3ccccc3C3C=C(n4c5ccccc5c5cc(/C(=C\C(=N)c6ccc(-c7ccccc7C7CCC7)c(C)c6)c6ccccc6)ccc54)C=C(O1)C23. The number of allylic oxidation sites excluding steroid dienone is 8. The second-order valence-corrected chi connectivity index (χ2v) is 16.7. The zero-order chi connectivity index (χ0) is 40.5. The first-order chi connectivity index (χ1) is 29.5. The Morgan fingerprint density at radius 2 is 1.43 bits per heavy atom. The van der Waals surface area contributed by atoms with Gasteiger partial charge in [-0.25, -0.2) is 0 Å². The molecule has 4 aliphatic rings. The highest BCUT2D eigenvalue weighted by Crippen LogP contribution is 2.57. The molecule has 2 atom stereocenters. The number of benzene rings is 6. The van der Waals surface area contributed by atoms with Crippen LogP contribution in [0.1, 0.15) is 77.0 Å². The third-order valence-electron chi connectivity index (χ3n) is 13.4. The lowest BCUT2D eigenvalue weighted by atomic mass is 9.67. The Kier molecular flexibility index (Phi) is 8.67. The molecule has 1 N–H and O–H groups in total. The molecule has 1 saturated carbocycles. The molecule has 11 rings (SSSR count). The Morgan fingerprint density at radius 1 is 0.717 bits per heavy atom. The van der Waals surface area contributed by atoms with Crippen LogP contribution in [0.5, 0.6) is 0 Å². The van der Waals surface area contributed by atoms with E-state index in [2.05, 4.69) is 189 Å². The first-order valence-electron chi connectivity index (χ1n) is 21.3. The standard InChI is InChI=1S/C57H46N2O/c1-4-41-44-21-11-12-23-46(44)50-32-40(33-55-57(50)56(41)54(5-2)60-55)59-52-25-14-13-24-47(52)49-31-38(27-29-53(49)59)48(37-16-7-6-8-17-37)34-51(58)39-26-28-42(35(3)30-39)45-22-10-9-20-43(45)36-18-15-19-36/h4-14,16-17,20-34,36,50,57-58H,2,15,18-19H2,1,3H3/b41-4-,48-34-,58-51?. The molecule has 2 heterocycles. The Balaban J connectivity index is 1.02. The normalized spacial score (nSPS) is 19.1. The molecule has 6 aromatic carbocycles. The van der Waals surface area contributed by atoms with Gasteiger partial charge in [-0.1, -0.05) is 140 Å². The molecule has 3 nitrogen and oxygen atoms in total. The summed E-state index contributed by atoms with van der Waals surface area (Å²) in [6.45, 7) is 8.46. The first kappa shape index (κ1) is 36.1. The first-order valence-corrected chi connectivity index (χ1v) is 21.3. The van der Waals surface area contributed by atoms with Crippen molar-refractivity contribution in [1.82, 2.24) is 4.57 Å². The third-order valence-corrected chi connectivity index (χ3v) is 13.4. The zero-order valence-corrected chi connectivity index (χ0v) is 34.1. The molecule has 2 unspecified atom stereocenters. The fourth-order valence-corrected chi connectivity index (χ4v) is 10.4. The predicted molar refractivity (Wildman–Crippen MR) is 250 cm³/mol. The van der Waals surface area contributed by atoms with Crippen molar-refractivity contribution in [2.24, 2.45) is 5.92 Å². The van der Waals surface area contributed by atoms with Gasteiger partial charge in [0, 0.05) is 34.0 Å². The Labute approximate surface area is 352 Å². The molecule has 3 heteroatoms. The molecular formula is C57H46N2O. The lowest BCUT2D eigenvalue weighted by Crippen LogP contribution is -2.23. The quantitative estimate of drug-likeness (QED) is 0.153. The van der Waals surface area contributed by atoms with Crippen LogP contribution in [-0.4, -0.2) is 10.3 Å². The topological polar surface area (TPSA) is 38.0 Å². The van der Waals surface area contributed by atoms with E-state index in [1.54, 1.807) is 0 Å². The van der Waals surface area contributed by atoms with Crippen LogP contribution in [0.15, 0.2) is 194 Å². The number of nitrogens with one attached hydrogen (secondary N) is 1. The van der Waals surface area contributed by atoms with E-state index >= 15 is 0 Å². The van der Waals surface area contributed by atoms with Gasteiger partial charge in [-0.2, -0.15) is 0 Å². The molecule has 3 aliphatic carbocycles. The maximum Gasteiger partial charge on any atom is 0.130 e. The lowest BCUT2D eigenvalue weighted by molar-refractivity contribution is 0.310. The van der Waals surface area contributed by atoms with E-state index in [0.717, 1.165) is 50.5 Å². The van der Waals surface area contributed by atoms with Crippen molar-refractivity contribution >= 4 is 44.4 Å². The maximum atomic E-state index is 9.51. The average molecular weight is 775 g/mol. The molecule has 7 aromatic rings. The number of hydrogen-bond donors (Lipinski definition) is 1. The molecule has 0 saturated heterocycles. The molecule has 0 bridgehead atoms. The van der Waals surface area contributed by atoms with Gasteiger partial charge in [0.1, 0.15) is 11.5 Å². The molecule has 0 spiro atoms. The van der Waals surface area contributed by atoms with E-state index in [9.17, 15) is 5.41 Å². The van der Waals surface area contributed by atoms with Gasteiger partial charge in [0.2, 0.25) is 0 Å². The molecule has 1 aliphatic heterocycles. The van der Waals surface area contributed by atoms with Crippen LogP contribution >= 0.6 is 0 Å². The van der Waals surface area contributed by atoms with Crippen molar-refractivity contribution in [1.29, 1.82) is 5.41 Å². The van der Waals surface area contributed by atoms with Gasteiger partial charge in [0.25, 0.3) is 0 Å². The van der Waals surface area contributed by atoms with Crippen molar-refractivity contribution in [3.63, 3.8) is 0 Å². The second-order valence-electron chi connectivity index (χ2n) is 16.7.